The fraction of sp³-hybridized carbons (Fsp3) is 0.529. The van der Waals surface area contributed by atoms with Crippen LogP contribution < -0.4 is 0 Å². The minimum atomic E-state index is 0.213. The summed E-state index contributed by atoms with van der Waals surface area (Å²) in [5.74, 6) is 0.678. The molecular weight excluding hydrogens is 294 g/mol. The van der Waals surface area contributed by atoms with Crippen LogP contribution in [0.25, 0.3) is 0 Å². The van der Waals surface area contributed by atoms with Gasteiger partial charge in [-0.25, -0.2) is 4.98 Å². The number of nitrogens with zero attached hydrogens (tertiary/aromatic N) is 3. The summed E-state index contributed by atoms with van der Waals surface area (Å²) in [6.07, 6.45) is 6.83. The molecule has 0 spiro atoms. The highest BCUT2D eigenvalue weighted by molar-refractivity contribution is 7.09. The quantitative estimate of drug-likeness (QED) is 0.864. The van der Waals surface area contributed by atoms with Gasteiger partial charge in [0.2, 0.25) is 5.91 Å². The van der Waals surface area contributed by atoms with E-state index in [-0.39, 0.29) is 11.9 Å². The first kappa shape index (κ1) is 15.3. The molecular formula is C17H23N3OS. The smallest absolute Gasteiger partial charge is 0.224 e. The number of likely N-dealkylation sites (tertiary alicyclic amines) is 1. The predicted molar refractivity (Wildman–Crippen MR) is 89.2 cm³/mol. The van der Waals surface area contributed by atoms with E-state index in [4.69, 9.17) is 0 Å². The zero-order chi connectivity index (χ0) is 15.5. The Morgan fingerprint density at radius 2 is 2.23 bits per heavy atom. The molecule has 118 valence electrons. The summed E-state index contributed by atoms with van der Waals surface area (Å²) in [4.78, 5) is 19.2. The maximum Gasteiger partial charge on any atom is 0.224 e. The van der Waals surface area contributed by atoms with Gasteiger partial charge in [0.15, 0.2) is 0 Å². The third-order valence-electron chi connectivity index (χ3n) is 4.37. The summed E-state index contributed by atoms with van der Waals surface area (Å²) in [7, 11) is 0. The summed E-state index contributed by atoms with van der Waals surface area (Å²) >= 11 is 1.73. The average molecular weight is 317 g/mol. The van der Waals surface area contributed by atoms with E-state index in [1.54, 1.807) is 11.3 Å². The molecule has 1 aliphatic heterocycles. The molecule has 2 aromatic rings. The van der Waals surface area contributed by atoms with Gasteiger partial charge in [-0.15, -0.1) is 11.3 Å². The molecule has 1 fully saturated rings. The Hall–Kier alpha value is -1.62. The van der Waals surface area contributed by atoms with E-state index in [2.05, 4.69) is 21.9 Å². The number of thiazole rings is 1. The molecule has 2 atom stereocenters. The van der Waals surface area contributed by atoms with Crippen LogP contribution >= 0.6 is 11.3 Å². The van der Waals surface area contributed by atoms with Gasteiger partial charge in [0.05, 0.1) is 5.01 Å². The van der Waals surface area contributed by atoms with E-state index in [0.717, 1.165) is 31.6 Å². The van der Waals surface area contributed by atoms with Gasteiger partial charge in [-0.1, -0.05) is 0 Å². The van der Waals surface area contributed by atoms with Crippen molar-refractivity contribution in [2.45, 2.75) is 45.1 Å². The Balaban J connectivity index is 1.60. The molecule has 0 radical (unpaired) electrons. The highest BCUT2D eigenvalue weighted by atomic mass is 32.1. The number of piperidine rings is 1. The second kappa shape index (κ2) is 6.65. The van der Waals surface area contributed by atoms with Gasteiger partial charge in [0.1, 0.15) is 0 Å². The van der Waals surface area contributed by atoms with Gasteiger partial charge in [-0.05, 0) is 38.8 Å². The summed E-state index contributed by atoms with van der Waals surface area (Å²) in [5.41, 5.74) is 1.09. The summed E-state index contributed by atoms with van der Waals surface area (Å²) in [5, 5.41) is 3.29. The molecule has 0 aromatic carbocycles. The number of rotatable bonds is 4. The number of hydrogen-bond donors (Lipinski definition) is 0. The highest BCUT2D eigenvalue weighted by Gasteiger charge is 2.27. The van der Waals surface area contributed by atoms with Crippen LogP contribution in [0.4, 0.5) is 0 Å². The Morgan fingerprint density at radius 1 is 1.45 bits per heavy atom. The fourth-order valence-electron chi connectivity index (χ4n) is 3.09. The zero-order valence-electron chi connectivity index (χ0n) is 13.2. The standard InChI is InChI=1S/C17H23N3OS/c1-13-12-22-17(18-13)15-6-5-9-20(11-15)16(21)10-14(2)19-7-3-4-8-19/h3-4,7-8,12,14-15H,5-6,9-11H2,1-2H3/t14-,15+/m0/s1. The van der Waals surface area contributed by atoms with Crippen LogP contribution in [0.1, 0.15) is 48.8 Å². The fourth-order valence-corrected chi connectivity index (χ4v) is 4.02. The molecule has 1 saturated heterocycles. The lowest BCUT2D eigenvalue weighted by Crippen LogP contribution is -2.39. The van der Waals surface area contributed by atoms with Crippen molar-refractivity contribution >= 4 is 17.2 Å². The van der Waals surface area contributed by atoms with E-state index in [1.165, 1.54) is 5.01 Å². The monoisotopic (exact) mass is 317 g/mol. The maximum atomic E-state index is 12.6. The van der Waals surface area contributed by atoms with Crippen molar-refractivity contribution in [3.8, 4) is 0 Å². The zero-order valence-corrected chi connectivity index (χ0v) is 14.1. The normalized spacial score (nSPS) is 20.1. The number of carbonyl (C=O) groups is 1. The molecule has 1 aliphatic rings. The van der Waals surface area contributed by atoms with Crippen LogP contribution in [0.2, 0.25) is 0 Å². The lowest BCUT2D eigenvalue weighted by molar-refractivity contribution is -0.133. The Kier molecular flexibility index (Phi) is 4.62. The van der Waals surface area contributed by atoms with Crippen LogP contribution in [0.5, 0.6) is 0 Å². The highest BCUT2D eigenvalue weighted by Crippen LogP contribution is 2.29. The molecule has 0 aliphatic carbocycles. The van der Waals surface area contributed by atoms with Crippen LogP contribution in [-0.4, -0.2) is 33.4 Å². The Bertz CT molecular complexity index is 620. The molecule has 0 N–H and O–H groups in total. The van der Waals surface area contributed by atoms with Crippen LogP contribution in [0, 0.1) is 6.92 Å². The van der Waals surface area contributed by atoms with Crippen LogP contribution in [-0.2, 0) is 4.79 Å². The van der Waals surface area contributed by atoms with Crippen molar-refractivity contribution in [3.63, 3.8) is 0 Å². The first-order valence-electron chi connectivity index (χ1n) is 7.95. The molecule has 3 heterocycles. The van der Waals surface area contributed by atoms with Crippen LogP contribution in [0.3, 0.4) is 0 Å². The molecule has 0 saturated carbocycles. The second-order valence-corrected chi connectivity index (χ2v) is 7.08. The molecule has 0 bridgehead atoms. The first-order valence-corrected chi connectivity index (χ1v) is 8.83. The van der Waals surface area contributed by atoms with Gasteiger partial charge in [0.25, 0.3) is 0 Å². The maximum absolute atomic E-state index is 12.6. The SMILES string of the molecule is Cc1csc([C@@H]2CCCN(C(=O)C[C@H](C)n3cccc3)C2)n1. The molecule has 4 nitrogen and oxygen atoms in total. The third kappa shape index (κ3) is 3.40. The molecule has 1 amide bonds. The van der Waals surface area contributed by atoms with E-state index in [9.17, 15) is 4.79 Å². The van der Waals surface area contributed by atoms with E-state index in [1.807, 2.05) is 36.4 Å². The second-order valence-electron chi connectivity index (χ2n) is 6.19. The topological polar surface area (TPSA) is 38.1 Å². The lowest BCUT2D eigenvalue weighted by atomic mass is 9.98. The Labute approximate surface area is 135 Å². The molecule has 22 heavy (non-hydrogen) atoms. The average Bonchev–Trinajstić information content (AvgIpc) is 3.18. The minimum Gasteiger partial charge on any atom is -0.351 e. The number of carbonyl (C=O) groups excluding carboxylic acids is 1. The van der Waals surface area contributed by atoms with E-state index in [0.29, 0.717) is 12.3 Å². The van der Waals surface area contributed by atoms with Crippen molar-refractivity contribution in [1.82, 2.24) is 14.5 Å². The largest absolute Gasteiger partial charge is 0.351 e. The third-order valence-corrected chi connectivity index (χ3v) is 5.49. The first-order chi connectivity index (χ1) is 10.6. The number of amides is 1. The molecule has 5 heteroatoms. The Morgan fingerprint density at radius 3 is 2.91 bits per heavy atom. The van der Waals surface area contributed by atoms with Crippen molar-refractivity contribution in [1.29, 1.82) is 0 Å². The van der Waals surface area contributed by atoms with Crippen LogP contribution in [0.15, 0.2) is 29.9 Å². The molecule has 0 unspecified atom stereocenters. The van der Waals surface area contributed by atoms with E-state index < -0.39 is 0 Å². The number of hydrogen-bond acceptors (Lipinski definition) is 3. The summed E-state index contributed by atoms with van der Waals surface area (Å²) in [6.45, 7) is 5.84. The number of aromatic nitrogens is 2. The van der Waals surface area contributed by atoms with Gasteiger partial charge in [-0.2, -0.15) is 0 Å². The van der Waals surface area contributed by atoms with Gasteiger partial charge in [-0.3, -0.25) is 4.79 Å². The number of aryl methyl sites for hydroxylation is 1. The molecule has 2 aromatic heterocycles. The van der Waals surface area contributed by atoms with Gasteiger partial charge < -0.3 is 9.47 Å². The summed E-state index contributed by atoms with van der Waals surface area (Å²) < 4.78 is 2.10. The van der Waals surface area contributed by atoms with Crippen molar-refractivity contribution < 1.29 is 4.79 Å². The lowest BCUT2D eigenvalue weighted by Gasteiger charge is -2.32. The van der Waals surface area contributed by atoms with Gasteiger partial charge >= 0.3 is 0 Å². The summed E-state index contributed by atoms with van der Waals surface area (Å²) in [6, 6.07) is 4.22. The van der Waals surface area contributed by atoms with Crippen molar-refractivity contribution in [2.75, 3.05) is 13.1 Å². The van der Waals surface area contributed by atoms with Crippen molar-refractivity contribution in [3.05, 3.63) is 40.6 Å². The van der Waals surface area contributed by atoms with Crippen molar-refractivity contribution in [2.24, 2.45) is 0 Å². The van der Waals surface area contributed by atoms with E-state index >= 15 is 0 Å². The van der Waals surface area contributed by atoms with Gasteiger partial charge in [0, 0.05) is 54.9 Å². The minimum absolute atomic E-state index is 0.213. The predicted octanol–water partition coefficient (Wildman–Crippen LogP) is 3.61. The molecule has 3 rings (SSSR count).